The summed E-state index contributed by atoms with van der Waals surface area (Å²) in [6.07, 6.45) is 1.03. The summed E-state index contributed by atoms with van der Waals surface area (Å²) < 4.78 is 28.3. The average Bonchev–Trinajstić information content (AvgIpc) is 2.91. The molecule has 210 valence electrons. The smallest absolute Gasteiger partial charge is 0.223 e. The van der Waals surface area contributed by atoms with Crippen LogP contribution in [0.2, 0.25) is 0 Å². The Bertz CT molecular complexity index is 1400. The minimum Gasteiger partial charge on any atom is -0.389 e. The van der Waals surface area contributed by atoms with Crippen LogP contribution in [0.1, 0.15) is 51.4 Å². The number of aliphatic hydroxyl groups excluding tert-OH is 1. The van der Waals surface area contributed by atoms with Crippen molar-refractivity contribution in [2.45, 2.75) is 77.9 Å². The summed E-state index contributed by atoms with van der Waals surface area (Å²) in [5.74, 6) is -0.326. The Morgan fingerprint density at radius 1 is 1.18 bits per heavy atom. The number of hydrogen-bond acceptors (Lipinski definition) is 8. The summed E-state index contributed by atoms with van der Waals surface area (Å²) >= 11 is 0. The van der Waals surface area contributed by atoms with E-state index in [0.717, 1.165) is 23.0 Å². The summed E-state index contributed by atoms with van der Waals surface area (Å²) in [6.45, 7) is 13.0. The third-order valence-corrected chi connectivity index (χ3v) is 7.92. The van der Waals surface area contributed by atoms with Crippen LogP contribution >= 0.6 is 0 Å². The van der Waals surface area contributed by atoms with E-state index in [9.17, 15) is 9.90 Å². The van der Waals surface area contributed by atoms with Gasteiger partial charge in [0.2, 0.25) is 5.95 Å². The van der Waals surface area contributed by atoms with Gasteiger partial charge >= 0.3 is 0 Å². The SMILES string of the molecule is Cc1c(CN2[C@H](C)COC[C@H]2C)n(C(C)C)c2cc(-c3nc(N[C@@H]4CCOC[C@H]4O)ncc3F)ccc2c1=O. The number of nitrogens with one attached hydrogen (secondary N) is 1. The molecule has 5 rings (SSSR count). The highest BCUT2D eigenvalue weighted by atomic mass is 19.1. The van der Waals surface area contributed by atoms with Gasteiger partial charge < -0.3 is 24.5 Å². The second kappa shape index (κ2) is 11.3. The highest BCUT2D eigenvalue weighted by Crippen LogP contribution is 2.30. The van der Waals surface area contributed by atoms with Crippen LogP contribution in [0.5, 0.6) is 0 Å². The maximum Gasteiger partial charge on any atom is 0.223 e. The summed E-state index contributed by atoms with van der Waals surface area (Å²) in [7, 11) is 0. The molecule has 0 spiro atoms. The molecule has 0 radical (unpaired) electrons. The van der Waals surface area contributed by atoms with Crippen molar-refractivity contribution in [2.75, 3.05) is 31.7 Å². The minimum absolute atomic E-state index is 0.0176. The van der Waals surface area contributed by atoms with Crippen molar-refractivity contribution >= 4 is 16.9 Å². The highest BCUT2D eigenvalue weighted by molar-refractivity contribution is 5.85. The summed E-state index contributed by atoms with van der Waals surface area (Å²) in [6, 6.07) is 5.57. The van der Waals surface area contributed by atoms with Gasteiger partial charge in [0.05, 0.1) is 43.7 Å². The molecule has 4 atom stereocenters. The Labute approximate surface area is 228 Å². The van der Waals surface area contributed by atoms with Gasteiger partial charge in [-0.1, -0.05) is 6.07 Å². The van der Waals surface area contributed by atoms with Crippen LogP contribution in [0.3, 0.4) is 0 Å². The van der Waals surface area contributed by atoms with Gasteiger partial charge in [-0.2, -0.15) is 0 Å². The molecule has 2 fully saturated rings. The van der Waals surface area contributed by atoms with Crippen LogP contribution in [-0.2, 0) is 16.0 Å². The zero-order chi connectivity index (χ0) is 27.8. The predicted octanol–water partition coefficient (Wildman–Crippen LogP) is 3.66. The van der Waals surface area contributed by atoms with Crippen LogP contribution < -0.4 is 10.7 Å². The zero-order valence-electron chi connectivity index (χ0n) is 23.3. The largest absolute Gasteiger partial charge is 0.389 e. The zero-order valence-corrected chi connectivity index (χ0v) is 23.3. The standard InChI is InChI=1S/C29H38FN5O4/c1-16(2)35-24-10-20(27-22(30)11-31-29(33-27)32-23-8-9-38-15-26(23)36)6-7-21(24)28(37)19(5)25(35)12-34-17(3)13-39-14-18(34)4/h6-7,10-11,16-18,23,26,36H,8-9,12-15H2,1-5H3,(H,31,32,33)/t17-,18-,23-,26-/m1/s1. The predicted molar refractivity (Wildman–Crippen MR) is 148 cm³/mol. The molecule has 0 aliphatic carbocycles. The molecule has 0 unspecified atom stereocenters. The Morgan fingerprint density at radius 2 is 1.92 bits per heavy atom. The second-order valence-corrected chi connectivity index (χ2v) is 11.1. The fraction of sp³-hybridized carbons (Fsp3) is 0.552. The summed E-state index contributed by atoms with van der Waals surface area (Å²) in [5.41, 5.74) is 3.10. The van der Waals surface area contributed by atoms with Crippen LogP contribution in [0.4, 0.5) is 10.3 Å². The summed E-state index contributed by atoms with van der Waals surface area (Å²) in [4.78, 5) is 24.5. The molecular formula is C29H38FN5O4. The first-order valence-electron chi connectivity index (χ1n) is 13.7. The van der Waals surface area contributed by atoms with E-state index in [0.29, 0.717) is 43.7 Å². The van der Waals surface area contributed by atoms with E-state index < -0.39 is 11.9 Å². The van der Waals surface area contributed by atoms with Crippen LogP contribution in [0, 0.1) is 12.7 Å². The molecule has 2 aromatic heterocycles. The fourth-order valence-corrected chi connectivity index (χ4v) is 5.73. The maximum atomic E-state index is 15.1. The van der Waals surface area contributed by atoms with Crippen molar-refractivity contribution in [2.24, 2.45) is 0 Å². The molecule has 2 aliphatic rings. The molecule has 4 heterocycles. The molecule has 10 heteroatoms. The van der Waals surface area contributed by atoms with Gasteiger partial charge in [-0.15, -0.1) is 0 Å². The van der Waals surface area contributed by atoms with Crippen molar-refractivity contribution in [3.05, 3.63) is 51.7 Å². The van der Waals surface area contributed by atoms with Crippen molar-refractivity contribution in [3.63, 3.8) is 0 Å². The van der Waals surface area contributed by atoms with E-state index in [4.69, 9.17) is 9.47 Å². The number of ether oxygens (including phenoxy) is 2. The van der Waals surface area contributed by atoms with Crippen molar-refractivity contribution in [3.8, 4) is 11.3 Å². The minimum atomic E-state index is -0.699. The number of halogens is 1. The number of morpholine rings is 1. The number of hydrogen-bond donors (Lipinski definition) is 2. The lowest BCUT2D eigenvalue weighted by Gasteiger charge is -2.39. The van der Waals surface area contributed by atoms with Gasteiger partial charge in [0.1, 0.15) is 5.69 Å². The molecule has 0 saturated carbocycles. The average molecular weight is 540 g/mol. The Balaban J connectivity index is 1.59. The van der Waals surface area contributed by atoms with Crippen LogP contribution in [0.15, 0.2) is 29.2 Å². The molecule has 1 aromatic carbocycles. The monoisotopic (exact) mass is 539 g/mol. The molecule has 9 nitrogen and oxygen atoms in total. The lowest BCUT2D eigenvalue weighted by Crippen LogP contribution is -2.49. The first-order valence-corrected chi connectivity index (χ1v) is 13.7. The Kier molecular flexibility index (Phi) is 8.00. The normalized spacial score (nSPS) is 24.4. The molecule has 2 N–H and O–H groups in total. The molecule has 3 aromatic rings. The van der Waals surface area contributed by atoms with Gasteiger partial charge in [0.15, 0.2) is 11.2 Å². The number of anilines is 1. The van der Waals surface area contributed by atoms with Gasteiger partial charge in [-0.05, 0) is 53.2 Å². The number of aromatic nitrogens is 3. The lowest BCUT2D eigenvalue weighted by molar-refractivity contribution is -0.0420. The molecular weight excluding hydrogens is 501 g/mol. The van der Waals surface area contributed by atoms with Crippen molar-refractivity contribution < 1.29 is 19.0 Å². The van der Waals surface area contributed by atoms with E-state index in [1.54, 1.807) is 12.1 Å². The van der Waals surface area contributed by atoms with Gasteiger partial charge in [-0.25, -0.2) is 14.4 Å². The van der Waals surface area contributed by atoms with Gasteiger partial charge in [0.25, 0.3) is 0 Å². The molecule has 2 aliphatic heterocycles. The Morgan fingerprint density at radius 3 is 2.62 bits per heavy atom. The highest BCUT2D eigenvalue weighted by Gasteiger charge is 2.29. The van der Waals surface area contributed by atoms with Gasteiger partial charge in [0, 0.05) is 53.5 Å². The number of nitrogens with zero attached hydrogens (tertiary/aromatic N) is 4. The van der Waals surface area contributed by atoms with Gasteiger partial charge in [-0.3, -0.25) is 9.69 Å². The molecule has 2 saturated heterocycles. The summed E-state index contributed by atoms with van der Waals surface area (Å²) in [5, 5.41) is 14.0. The third kappa shape index (κ3) is 5.43. The fourth-order valence-electron chi connectivity index (χ4n) is 5.73. The first kappa shape index (κ1) is 27.6. The lowest BCUT2D eigenvalue weighted by atomic mass is 10.0. The molecule has 39 heavy (non-hydrogen) atoms. The number of aliphatic hydroxyl groups is 1. The number of pyridine rings is 1. The number of rotatable bonds is 6. The van der Waals surface area contributed by atoms with Crippen LogP contribution in [-0.4, -0.2) is 75.2 Å². The molecule has 0 bridgehead atoms. The topological polar surface area (TPSA) is 102 Å². The number of fused-ring (bicyclic) bond motifs is 1. The maximum absolute atomic E-state index is 15.1. The van der Waals surface area contributed by atoms with E-state index in [1.807, 2.05) is 13.0 Å². The Hall–Kier alpha value is -2.92. The van der Waals surface area contributed by atoms with E-state index in [2.05, 4.69) is 52.4 Å². The number of benzene rings is 1. The van der Waals surface area contributed by atoms with Crippen molar-refractivity contribution in [1.82, 2.24) is 19.4 Å². The van der Waals surface area contributed by atoms with Crippen molar-refractivity contribution in [1.29, 1.82) is 0 Å². The van der Waals surface area contributed by atoms with Crippen LogP contribution in [0.25, 0.3) is 22.2 Å². The van der Waals surface area contributed by atoms with E-state index in [1.165, 1.54) is 0 Å². The van der Waals surface area contributed by atoms with E-state index in [-0.39, 0.29) is 47.8 Å². The quantitative estimate of drug-likeness (QED) is 0.490. The molecule has 0 amide bonds. The first-order chi connectivity index (χ1) is 18.7. The van der Waals surface area contributed by atoms with E-state index >= 15 is 4.39 Å². The third-order valence-electron chi connectivity index (χ3n) is 7.92. The second-order valence-electron chi connectivity index (χ2n) is 11.1.